The van der Waals surface area contributed by atoms with Crippen LogP contribution < -0.4 is 14.6 Å². The van der Waals surface area contributed by atoms with Crippen LogP contribution in [0.1, 0.15) is 106 Å². The zero-order valence-electron chi connectivity index (χ0n) is 25.2. The Balaban J connectivity index is 1.28. The van der Waals surface area contributed by atoms with E-state index in [9.17, 15) is 4.79 Å². The summed E-state index contributed by atoms with van der Waals surface area (Å²) in [5, 5.41) is 3.05. The van der Waals surface area contributed by atoms with Crippen LogP contribution >= 0.6 is 0 Å². The minimum Gasteiger partial charge on any atom is -0.494 e. The molecule has 1 aromatic heterocycles. The SMILES string of the molecule is CCCCCCCCCCCCCCOc1ccc(CC(=O)Nc2cccc(C[n+]3ccc(C)c(C)c3)c2)cc1. The van der Waals surface area contributed by atoms with Crippen molar-refractivity contribution in [2.75, 3.05) is 11.9 Å². The van der Waals surface area contributed by atoms with Gasteiger partial charge in [0.15, 0.2) is 18.9 Å². The molecule has 216 valence electrons. The first kappa shape index (κ1) is 31.4. The smallest absolute Gasteiger partial charge is 0.228 e. The van der Waals surface area contributed by atoms with Crippen molar-refractivity contribution in [2.24, 2.45) is 0 Å². The number of unbranched alkanes of at least 4 members (excludes halogenated alkanes) is 11. The molecule has 2 aromatic carbocycles. The fourth-order valence-electron chi connectivity index (χ4n) is 5.02. The topological polar surface area (TPSA) is 42.2 Å². The third-order valence-electron chi connectivity index (χ3n) is 7.63. The monoisotopic (exact) mass is 543 g/mol. The van der Waals surface area contributed by atoms with E-state index in [1.807, 2.05) is 42.5 Å². The highest BCUT2D eigenvalue weighted by atomic mass is 16.5. The number of benzene rings is 2. The predicted molar refractivity (Wildman–Crippen MR) is 167 cm³/mol. The van der Waals surface area contributed by atoms with Gasteiger partial charge < -0.3 is 10.1 Å². The molecule has 0 saturated carbocycles. The molecule has 0 aliphatic carbocycles. The molecule has 0 unspecified atom stereocenters. The minimum absolute atomic E-state index is 0.0128. The first-order valence-electron chi connectivity index (χ1n) is 15.6. The molecule has 0 fully saturated rings. The Bertz CT molecular complexity index is 1140. The summed E-state index contributed by atoms with van der Waals surface area (Å²) < 4.78 is 8.10. The standard InChI is InChI=1S/C36H50N2O2/c1-4-5-6-7-8-9-10-11-12-13-14-15-25-40-35-21-19-32(20-22-35)27-36(39)37-34-18-16-17-33(26-34)29-38-24-23-30(2)31(3)28-38/h16-24,26,28H,4-15,25,27,29H2,1-3H3/p+1. The van der Waals surface area contributed by atoms with Gasteiger partial charge in [-0.1, -0.05) is 102 Å². The van der Waals surface area contributed by atoms with Gasteiger partial charge in [0.25, 0.3) is 0 Å². The van der Waals surface area contributed by atoms with Gasteiger partial charge in [0.2, 0.25) is 5.91 Å². The molecule has 4 nitrogen and oxygen atoms in total. The molecule has 0 aliphatic heterocycles. The highest BCUT2D eigenvalue weighted by Crippen LogP contribution is 2.16. The van der Waals surface area contributed by atoms with Gasteiger partial charge in [-0.3, -0.25) is 4.79 Å². The van der Waals surface area contributed by atoms with E-state index in [0.717, 1.165) is 42.1 Å². The lowest BCUT2D eigenvalue weighted by atomic mass is 10.1. The largest absolute Gasteiger partial charge is 0.494 e. The number of ether oxygens (including phenoxy) is 1. The number of carbonyl (C=O) groups excluding carboxylic acids is 1. The third kappa shape index (κ3) is 12.4. The Labute approximate surface area is 243 Å². The van der Waals surface area contributed by atoms with E-state index in [2.05, 4.69) is 55.2 Å². The number of hydrogen-bond acceptors (Lipinski definition) is 2. The lowest BCUT2D eigenvalue weighted by molar-refractivity contribution is -0.688. The highest BCUT2D eigenvalue weighted by molar-refractivity contribution is 5.92. The van der Waals surface area contributed by atoms with Gasteiger partial charge in [-0.2, -0.15) is 0 Å². The number of anilines is 1. The first-order valence-corrected chi connectivity index (χ1v) is 15.6. The zero-order valence-corrected chi connectivity index (χ0v) is 25.2. The highest BCUT2D eigenvalue weighted by Gasteiger charge is 2.08. The summed E-state index contributed by atoms with van der Waals surface area (Å²) in [6.45, 7) is 8.05. The maximum Gasteiger partial charge on any atom is 0.228 e. The summed E-state index contributed by atoms with van der Waals surface area (Å²) in [7, 11) is 0. The number of amides is 1. The minimum atomic E-state index is -0.0128. The van der Waals surface area contributed by atoms with Crippen LogP contribution in [0.2, 0.25) is 0 Å². The van der Waals surface area contributed by atoms with Gasteiger partial charge >= 0.3 is 0 Å². The van der Waals surface area contributed by atoms with E-state index < -0.39 is 0 Å². The Morgan fingerprint density at radius 2 is 1.40 bits per heavy atom. The number of nitrogens with zero attached hydrogens (tertiary/aromatic N) is 1. The molecule has 0 spiro atoms. The zero-order chi connectivity index (χ0) is 28.4. The molecular weight excluding hydrogens is 492 g/mol. The molecule has 4 heteroatoms. The van der Waals surface area contributed by atoms with Crippen molar-refractivity contribution in [3.05, 3.63) is 89.2 Å². The second kappa shape index (κ2) is 18.3. The van der Waals surface area contributed by atoms with Crippen LogP contribution in [0.3, 0.4) is 0 Å². The van der Waals surface area contributed by atoms with Crippen LogP contribution in [-0.2, 0) is 17.8 Å². The summed E-state index contributed by atoms with van der Waals surface area (Å²) in [5.74, 6) is 0.866. The molecule has 1 heterocycles. The average Bonchev–Trinajstić information content (AvgIpc) is 2.94. The van der Waals surface area contributed by atoms with E-state index in [0.29, 0.717) is 6.42 Å². The summed E-state index contributed by atoms with van der Waals surface area (Å²) in [4.78, 5) is 12.7. The fraction of sp³-hybridized carbons (Fsp3) is 0.500. The van der Waals surface area contributed by atoms with Crippen LogP contribution in [0.15, 0.2) is 67.0 Å². The molecular formula is C36H51N2O2+. The van der Waals surface area contributed by atoms with Crippen molar-refractivity contribution < 1.29 is 14.1 Å². The van der Waals surface area contributed by atoms with Gasteiger partial charge in [-0.25, -0.2) is 4.57 Å². The van der Waals surface area contributed by atoms with Gasteiger partial charge in [0.05, 0.1) is 13.0 Å². The molecule has 0 bridgehead atoms. The first-order chi connectivity index (χ1) is 19.5. The molecule has 3 rings (SSSR count). The number of hydrogen-bond donors (Lipinski definition) is 1. The molecule has 0 saturated heterocycles. The summed E-state index contributed by atoms with van der Waals surface area (Å²) in [6.07, 6.45) is 20.7. The predicted octanol–water partition coefficient (Wildman–Crippen LogP) is 8.90. The Hall–Kier alpha value is -3.14. The molecule has 0 radical (unpaired) electrons. The summed E-state index contributed by atoms with van der Waals surface area (Å²) in [5.41, 5.74) is 5.52. The van der Waals surface area contributed by atoms with Gasteiger partial charge in [-0.15, -0.1) is 0 Å². The van der Waals surface area contributed by atoms with Crippen LogP contribution in [-0.4, -0.2) is 12.5 Å². The maximum atomic E-state index is 12.7. The molecule has 40 heavy (non-hydrogen) atoms. The van der Waals surface area contributed by atoms with E-state index in [4.69, 9.17) is 4.74 Å². The normalized spacial score (nSPS) is 11.0. The van der Waals surface area contributed by atoms with E-state index in [-0.39, 0.29) is 5.91 Å². The Morgan fingerprint density at radius 3 is 2.05 bits per heavy atom. The molecule has 3 aromatic rings. The van der Waals surface area contributed by atoms with Crippen molar-refractivity contribution in [1.82, 2.24) is 0 Å². The summed E-state index contributed by atoms with van der Waals surface area (Å²) in [6, 6.07) is 18.1. The Morgan fingerprint density at radius 1 is 0.750 bits per heavy atom. The van der Waals surface area contributed by atoms with Crippen molar-refractivity contribution in [2.45, 2.75) is 111 Å². The number of carbonyl (C=O) groups is 1. The fourth-order valence-corrected chi connectivity index (χ4v) is 5.02. The van der Waals surface area contributed by atoms with Crippen molar-refractivity contribution in [1.29, 1.82) is 0 Å². The molecule has 0 aliphatic rings. The number of aromatic nitrogens is 1. The van der Waals surface area contributed by atoms with Crippen LogP contribution in [0.25, 0.3) is 0 Å². The second-order valence-corrected chi connectivity index (χ2v) is 11.3. The number of rotatable bonds is 19. The van der Waals surface area contributed by atoms with Crippen molar-refractivity contribution >= 4 is 11.6 Å². The van der Waals surface area contributed by atoms with Gasteiger partial charge in [0, 0.05) is 22.9 Å². The van der Waals surface area contributed by atoms with Gasteiger partial charge in [-0.05, 0) is 55.7 Å². The van der Waals surface area contributed by atoms with Crippen LogP contribution in [0.5, 0.6) is 5.75 Å². The van der Waals surface area contributed by atoms with Crippen molar-refractivity contribution in [3.63, 3.8) is 0 Å². The quantitative estimate of drug-likeness (QED) is 0.121. The number of pyridine rings is 1. The van der Waals surface area contributed by atoms with Gasteiger partial charge in [0.1, 0.15) is 5.75 Å². The molecule has 0 atom stereocenters. The van der Waals surface area contributed by atoms with E-state index in [1.165, 1.54) is 81.8 Å². The summed E-state index contributed by atoms with van der Waals surface area (Å²) >= 11 is 0. The van der Waals surface area contributed by atoms with Crippen LogP contribution in [0.4, 0.5) is 5.69 Å². The van der Waals surface area contributed by atoms with E-state index >= 15 is 0 Å². The number of aryl methyl sites for hydroxylation is 2. The lowest BCUT2D eigenvalue weighted by Crippen LogP contribution is -2.34. The third-order valence-corrected chi connectivity index (χ3v) is 7.63. The maximum absolute atomic E-state index is 12.7. The molecule has 1 N–H and O–H groups in total. The van der Waals surface area contributed by atoms with E-state index in [1.54, 1.807) is 0 Å². The average molecular weight is 544 g/mol. The Kier molecular flexibility index (Phi) is 14.3. The van der Waals surface area contributed by atoms with Crippen molar-refractivity contribution in [3.8, 4) is 5.75 Å². The lowest BCUT2D eigenvalue weighted by Gasteiger charge is -2.09. The second-order valence-electron chi connectivity index (χ2n) is 11.3. The molecule has 1 amide bonds. The van der Waals surface area contributed by atoms with Crippen LogP contribution in [0, 0.1) is 13.8 Å². The number of nitrogens with one attached hydrogen (secondary N) is 1.